The van der Waals surface area contributed by atoms with Crippen molar-refractivity contribution < 1.29 is 136 Å². The van der Waals surface area contributed by atoms with Crippen LogP contribution in [0, 0.1) is 0 Å². The first kappa shape index (κ1) is 75.6. The molecule has 106 heavy (non-hydrogen) atoms. The van der Waals surface area contributed by atoms with Crippen LogP contribution in [-0.4, -0.2) is 182 Å². The standard InChI is InChI=1S/2C36H30N2O15/c39-19-48-16-37(15-34(44)45)28-3-1-2-4-30(28)51-9-10-52-33-14-27(36(46)47)26(13-29(33)38(17-49-20-40)18-50-21-41)35-24-7-5-22(42)11-31(24)53-32-12-23(43)6-8-25(32)35;39-19-52-28-14-26(38(17-34(46)47)18-35(48)49)31(51-10-9-50-27-4-2-1-3-25(27)37(15-32(42)43)16-33(44)45)13-24(28)36-22-7-5-20(40)11-29(22)53-30-12-21(41)6-8-23(30)36/h1-8,11-14,19-21,42H,9-10,15-18H2,(H,44,45)(H,46,47);1-8,11-14,19,40H,9-10,15-18H2,(H,42,43)(H,44,45)(H,46,47)(H,48,49). The van der Waals surface area contributed by atoms with Crippen molar-refractivity contribution in [1.29, 1.82) is 0 Å². The number of hydrogen-bond donors (Lipinski definition) is 8. The van der Waals surface area contributed by atoms with E-state index in [2.05, 4.69) is 0 Å². The second-order valence-electron chi connectivity index (χ2n) is 22.3. The third-order valence-corrected chi connectivity index (χ3v) is 15.3. The Bertz CT molecular complexity index is 4970. The molecule has 34 nitrogen and oxygen atoms in total. The van der Waals surface area contributed by atoms with Crippen molar-refractivity contribution in [3.63, 3.8) is 0 Å². The Morgan fingerprint density at radius 3 is 1.21 bits per heavy atom. The lowest BCUT2D eigenvalue weighted by atomic mass is 9.90. The Morgan fingerprint density at radius 1 is 0.368 bits per heavy atom. The first-order valence-corrected chi connectivity index (χ1v) is 31.0. The second-order valence-corrected chi connectivity index (χ2v) is 22.3. The summed E-state index contributed by atoms with van der Waals surface area (Å²) in [7, 11) is 0. The molecule has 0 unspecified atom stereocenters. The molecule has 0 saturated carbocycles. The Morgan fingerprint density at radius 2 is 0.764 bits per heavy atom. The number of carbonyl (C=O) groups excluding carboxylic acids is 4. The van der Waals surface area contributed by atoms with Crippen LogP contribution in [0.15, 0.2) is 164 Å². The molecule has 2 aliphatic carbocycles. The number of nitrogens with zero attached hydrogens (tertiary/aromatic N) is 4. The van der Waals surface area contributed by atoms with Gasteiger partial charge in [-0.3, -0.25) is 52.7 Å². The number of rotatable bonds is 38. The highest BCUT2D eigenvalue weighted by Gasteiger charge is 2.30. The minimum atomic E-state index is -1.39. The first-order chi connectivity index (χ1) is 51.0. The number of para-hydroxylation sites is 4. The van der Waals surface area contributed by atoms with Crippen LogP contribution in [0.1, 0.15) is 10.4 Å². The van der Waals surface area contributed by atoms with Gasteiger partial charge in [0.05, 0.1) is 28.3 Å². The number of fused-ring (bicyclic) bond motifs is 4. The molecule has 0 saturated heterocycles. The summed E-state index contributed by atoms with van der Waals surface area (Å²) in [5.41, 5.74) is 1.37. The second kappa shape index (κ2) is 35.1. The topological polar surface area (TPSA) is 480 Å². The molecule has 6 aromatic carbocycles. The smallest absolute Gasteiger partial charge is 0.336 e. The molecule has 4 aliphatic rings. The van der Waals surface area contributed by atoms with Crippen molar-refractivity contribution in [1.82, 2.24) is 0 Å². The van der Waals surface area contributed by atoms with E-state index >= 15 is 0 Å². The average molecular weight is 1460 g/mol. The summed E-state index contributed by atoms with van der Waals surface area (Å²) >= 11 is 0. The summed E-state index contributed by atoms with van der Waals surface area (Å²) in [6, 6.07) is 34.1. The number of anilines is 4. The quantitative estimate of drug-likeness (QED) is 0.00653. The molecule has 6 aromatic rings. The van der Waals surface area contributed by atoms with Gasteiger partial charge in [0, 0.05) is 68.9 Å². The van der Waals surface area contributed by atoms with E-state index in [0.29, 0.717) is 38.7 Å². The van der Waals surface area contributed by atoms with Crippen molar-refractivity contribution in [3.8, 4) is 85.1 Å². The van der Waals surface area contributed by atoms with Gasteiger partial charge in [0.15, 0.2) is 31.1 Å². The van der Waals surface area contributed by atoms with Crippen LogP contribution in [0.5, 0.6) is 40.2 Å². The summed E-state index contributed by atoms with van der Waals surface area (Å²) in [6.07, 6.45) is 0. The SMILES string of the molecule is O=COCN(COC=O)c1cc(-c2c3ccc(=O)cc-3oc3cc(O)ccc23)c(C(=O)O)cc1OCCOc1ccccc1N(COC=O)CC(=O)O.O=COc1cc(N(CC(=O)O)CC(=O)O)c(OCCOc2ccccc2N(CC(=O)O)CC(=O)O)cc1-c1c2ccc(=O)cc-2oc2cc(O)ccc12. The molecule has 2 aliphatic heterocycles. The number of carbonyl (C=O) groups is 10. The average Bonchev–Trinajstić information content (AvgIpc) is 0.745. The van der Waals surface area contributed by atoms with Gasteiger partial charge in [-0.15, -0.1) is 0 Å². The molecular formula is C72H60N4O30. The maximum atomic E-state index is 12.9. The predicted molar refractivity (Wildman–Crippen MR) is 369 cm³/mol. The van der Waals surface area contributed by atoms with E-state index in [-0.39, 0.29) is 167 Å². The molecule has 8 N–H and O–H groups in total. The fourth-order valence-electron chi connectivity index (χ4n) is 11.2. The van der Waals surface area contributed by atoms with Crippen molar-refractivity contribution in [2.75, 3.05) is 98.9 Å². The highest BCUT2D eigenvalue weighted by atomic mass is 16.6. The number of ether oxygens (including phenoxy) is 8. The van der Waals surface area contributed by atoms with Crippen LogP contribution in [-0.2, 0) is 57.4 Å². The van der Waals surface area contributed by atoms with E-state index in [4.69, 9.17) is 46.7 Å². The number of carboxylic acid groups (broad SMARTS) is 6. The highest BCUT2D eigenvalue weighted by Crippen LogP contribution is 2.49. The number of aliphatic carboxylic acids is 5. The number of hydrogen-bond acceptors (Lipinski definition) is 28. The molecule has 0 fully saturated rings. The fourth-order valence-corrected chi connectivity index (χ4v) is 11.2. The van der Waals surface area contributed by atoms with E-state index in [1.807, 2.05) is 0 Å². The molecule has 0 spiro atoms. The van der Waals surface area contributed by atoms with Crippen LogP contribution in [0.3, 0.4) is 0 Å². The maximum Gasteiger partial charge on any atom is 0.336 e. The molecule has 0 aromatic heterocycles. The Labute approximate surface area is 595 Å². The number of benzene rings is 8. The van der Waals surface area contributed by atoms with Gasteiger partial charge < -0.3 is 107 Å². The van der Waals surface area contributed by atoms with E-state index in [9.17, 15) is 98.4 Å². The molecule has 0 amide bonds. The minimum Gasteiger partial charge on any atom is -0.508 e. The summed E-state index contributed by atoms with van der Waals surface area (Å²) in [5.74, 6) is -7.94. The van der Waals surface area contributed by atoms with E-state index in [1.165, 1.54) is 119 Å². The van der Waals surface area contributed by atoms with Gasteiger partial charge in [-0.2, -0.15) is 0 Å². The lowest BCUT2D eigenvalue weighted by Gasteiger charge is -2.27. The highest BCUT2D eigenvalue weighted by molar-refractivity contribution is 6.09. The van der Waals surface area contributed by atoms with Gasteiger partial charge in [0.25, 0.3) is 25.9 Å². The normalized spacial score (nSPS) is 10.7. The van der Waals surface area contributed by atoms with Gasteiger partial charge in [-0.1, -0.05) is 24.3 Å². The number of carboxylic acids is 6. The summed E-state index contributed by atoms with van der Waals surface area (Å²) < 4.78 is 55.7. The Balaban J connectivity index is 0.000000245. The zero-order valence-corrected chi connectivity index (χ0v) is 55.0. The molecule has 34 heteroatoms. The van der Waals surface area contributed by atoms with Gasteiger partial charge in [-0.25, -0.2) is 4.79 Å². The maximum absolute atomic E-state index is 12.9. The third kappa shape index (κ3) is 18.9. The number of aromatic hydroxyl groups is 2. The van der Waals surface area contributed by atoms with Crippen molar-refractivity contribution in [2.45, 2.75) is 0 Å². The van der Waals surface area contributed by atoms with Crippen LogP contribution in [0.25, 0.3) is 66.8 Å². The number of phenols is 2. The fraction of sp³-hybridized carbons (Fsp3) is 0.167. The number of aromatic carboxylic acids is 1. The van der Waals surface area contributed by atoms with E-state index < -0.39 is 82.0 Å². The molecule has 548 valence electrons. The largest absolute Gasteiger partial charge is 0.508 e. The van der Waals surface area contributed by atoms with Gasteiger partial charge in [0.2, 0.25) is 0 Å². The molecule has 2 heterocycles. The van der Waals surface area contributed by atoms with Crippen LogP contribution >= 0.6 is 0 Å². The molecule has 0 atom stereocenters. The Kier molecular flexibility index (Phi) is 25.1. The van der Waals surface area contributed by atoms with Gasteiger partial charge in [0.1, 0.15) is 122 Å². The van der Waals surface area contributed by atoms with Crippen LogP contribution < -0.4 is 54.1 Å². The van der Waals surface area contributed by atoms with Crippen molar-refractivity contribution in [3.05, 3.63) is 172 Å². The summed E-state index contributed by atoms with van der Waals surface area (Å²) in [5, 5.41) is 78.9. The first-order valence-electron chi connectivity index (χ1n) is 31.0. The lowest BCUT2D eigenvalue weighted by molar-refractivity contribution is -0.138. The monoisotopic (exact) mass is 1460 g/mol. The zero-order chi connectivity index (χ0) is 76.1. The van der Waals surface area contributed by atoms with E-state index in [0.717, 1.165) is 9.80 Å². The summed E-state index contributed by atoms with van der Waals surface area (Å²) in [6.45, 7) is -5.00. The molecule has 10 rings (SSSR count). The zero-order valence-electron chi connectivity index (χ0n) is 55.0. The number of phenolic OH excluding ortho intramolecular Hbond substituents is 2. The molecular weight excluding hydrogens is 1400 g/mol. The van der Waals surface area contributed by atoms with Crippen molar-refractivity contribution in [2.24, 2.45) is 0 Å². The Hall–Kier alpha value is -14.6. The summed E-state index contributed by atoms with van der Waals surface area (Å²) in [4.78, 5) is 145. The van der Waals surface area contributed by atoms with Crippen LogP contribution in [0.4, 0.5) is 22.7 Å². The van der Waals surface area contributed by atoms with Crippen LogP contribution in [0.2, 0.25) is 0 Å². The van der Waals surface area contributed by atoms with Gasteiger partial charge in [-0.05, 0) is 96.6 Å². The van der Waals surface area contributed by atoms with Gasteiger partial charge >= 0.3 is 35.8 Å². The van der Waals surface area contributed by atoms with Crippen molar-refractivity contribution >= 4 is 106 Å². The lowest BCUT2D eigenvalue weighted by Crippen LogP contribution is -2.35. The molecule has 0 bridgehead atoms. The van der Waals surface area contributed by atoms with E-state index in [1.54, 1.807) is 36.4 Å². The molecule has 0 radical (unpaired) electrons. The predicted octanol–water partition coefficient (Wildman–Crippen LogP) is 6.73. The third-order valence-electron chi connectivity index (χ3n) is 15.3. The minimum absolute atomic E-state index is 0.0624.